The van der Waals surface area contributed by atoms with Gasteiger partial charge in [0.1, 0.15) is 11.5 Å². The molecule has 0 unspecified atom stereocenters. The van der Waals surface area contributed by atoms with Crippen LogP contribution in [-0.2, 0) is 6.54 Å². The van der Waals surface area contributed by atoms with E-state index >= 15 is 0 Å². The Hall–Kier alpha value is -2.46. The van der Waals surface area contributed by atoms with Crippen LogP contribution in [-0.4, -0.2) is 18.3 Å². The molecular formula is C21H22ClNO3. The second-order valence-corrected chi connectivity index (χ2v) is 6.62. The lowest BCUT2D eigenvalue weighted by atomic mass is 10.1. The van der Waals surface area contributed by atoms with Gasteiger partial charge in [0.25, 0.3) is 5.56 Å². The van der Waals surface area contributed by atoms with Crippen molar-refractivity contribution in [1.29, 1.82) is 0 Å². The summed E-state index contributed by atoms with van der Waals surface area (Å²) in [5.41, 5.74) is 1.82. The number of pyridine rings is 1. The van der Waals surface area contributed by atoms with Crippen LogP contribution in [0, 0.1) is 6.92 Å². The van der Waals surface area contributed by atoms with Crippen LogP contribution in [0.25, 0.3) is 10.9 Å². The Morgan fingerprint density at radius 2 is 1.85 bits per heavy atom. The van der Waals surface area contributed by atoms with Crippen LogP contribution in [0.3, 0.4) is 0 Å². The number of methoxy groups -OCH3 is 1. The third kappa shape index (κ3) is 4.02. The Kier molecular flexibility index (Phi) is 5.84. The molecule has 0 amide bonds. The number of unbranched alkanes of at least 4 members (excludes halogenated alkanes) is 1. The molecule has 0 aliphatic carbocycles. The third-order valence-corrected chi connectivity index (χ3v) is 4.63. The van der Waals surface area contributed by atoms with Gasteiger partial charge in [-0.1, -0.05) is 23.7 Å². The number of ether oxygens (including phenoxy) is 2. The predicted molar refractivity (Wildman–Crippen MR) is 106 cm³/mol. The van der Waals surface area contributed by atoms with Crippen LogP contribution in [0.15, 0.2) is 53.3 Å². The summed E-state index contributed by atoms with van der Waals surface area (Å²) in [5, 5.41) is 1.73. The van der Waals surface area contributed by atoms with Crippen molar-refractivity contribution < 1.29 is 9.47 Å². The molecule has 0 bridgehead atoms. The minimum atomic E-state index is -0.00174. The van der Waals surface area contributed by atoms with E-state index in [4.69, 9.17) is 21.1 Å². The molecule has 136 valence electrons. The molecule has 0 aliphatic rings. The molecule has 0 saturated carbocycles. The van der Waals surface area contributed by atoms with E-state index in [9.17, 15) is 4.79 Å². The van der Waals surface area contributed by atoms with Gasteiger partial charge in [-0.05, 0) is 55.7 Å². The fourth-order valence-corrected chi connectivity index (χ4v) is 3.18. The molecule has 2 aromatic carbocycles. The number of hydrogen-bond acceptors (Lipinski definition) is 3. The van der Waals surface area contributed by atoms with E-state index in [1.807, 2.05) is 37.3 Å². The van der Waals surface area contributed by atoms with E-state index in [0.717, 1.165) is 40.8 Å². The highest BCUT2D eigenvalue weighted by molar-refractivity contribution is 6.30. The molecular weight excluding hydrogens is 350 g/mol. The van der Waals surface area contributed by atoms with Gasteiger partial charge in [-0.2, -0.15) is 0 Å². The van der Waals surface area contributed by atoms with E-state index in [1.165, 1.54) is 0 Å². The maximum atomic E-state index is 12.5. The number of rotatable bonds is 7. The van der Waals surface area contributed by atoms with Gasteiger partial charge in [-0.25, -0.2) is 0 Å². The zero-order valence-corrected chi connectivity index (χ0v) is 15.8. The van der Waals surface area contributed by atoms with Gasteiger partial charge in [0.15, 0.2) is 0 Å². The minimum absolute atomic E-state index is 0.00174. The monoisotopic (exact) mass is 371 g/mol. The Balaban J connectivity index is 1.69. The molecule has 0 saturated heterocycles. The Labute approximate surface area is 157 Å². The number of halogens is 1. The summed E-state index contributed by atoms with van der Waals surface area (Å²) >= 11 is 5.86. The molecule has 26 heavy (non-hydrogen) atoms. The van der Waals surface area contributed by atoms with Crippen molar-refractivity contribution in [2.24, 2.45) is 0 Å². The van der Waals surface area contributed by atoms with Crippen LogP contribution in [0.1, 0.15) is 18.4 Å². The van der Waals surface area contributed by atoms with Gasteiger partial charge in [0, 0.05) is 23.0 Å². The number of para-hydroxylation sites is 1. The van der Waals surface area contributed by atoms with Crippen LogP contribution in [0.5, 0.6) is 11.5 Å². The normalized spacial score (nSPS) is 10.9. The molecule has 1 aromatic heterocycles. The van der Waals surface area contributed by atoms with E-state index in [2.05, 4.69) is 0 Å². The molecule has 0 radical (unpaired) electrons. The highest BCUT2D eigenvalue weighted by atomic mass is 35.5. The summed E-state index contributed by atoms with van der Waals surface area (Å²) in [6, 6.07) is 14.9. The largest absolute Gasteiger partial charge is 0.495 e. The Morgan fingerprint density at radius 1 is 1.08 bits per heavy atom. The molecule has 0 aliphatic heterocycles. The molecule has 4 nitrogen and oxygen atoms in total. The topological polar surface area (TPSA) is 40.5 Å². The first-order valence-electron chi connectivity index (χ1n) is 8.65. The lowest BCUT2D eigenvalue weighted by Gasteiger charge is -2.15. The van der Waals surface area contributed by atoms with Crippen molar-refractivity contribution in [2.45, 2.75) is 26.3 Å². The Bertz CT molecular complexity index is 948. The summed E-state index contributed by atoms with van der Waals surface area (Å²) in [6.07, 6.45) is 1.68. The molecule has 5 heteroatoms. The lowest BCUT2D eigenvalue weighted by Crippen LogP contribution is -2.21. The SMILES string of the molecule is COc1cccc2c(C)cc(=O)n(CCCCOc3ccc(Cl)cc3)c12. The number of aryl methyl sites for hydroxylation is 2. The van der Waals surface area contributed by atoms with E-state index in [0.29, 0.717) is 18.2 Å². The molecule has 3 rings (SSSR count). The van der Waals surface area contributed by atoms with Gasteiger partial charge in [0.2, 0.25) is 0 Å². The fourth-order valence-electron chi connectivity index (χ4n) is 3.05. The van der Waals surface area contributed by atoms with Crippen molar-refractivity contribution in [3.63, 3.8) is 0 Å². The average Bonchev–Trinajstić information content (AvgIpc) is 2.64. The molecule has 3 aromatic rings. The third-order valence-electron chi connectivity index (χ3n) is 4.38. The number of fused-ring (bicyclic) bond motifs is 1. The molecule has 1 heterocycles. The predicted octanol–water partition coefficient (Wildman–Crippen LogP) is 4.83. The summed E-state index contributed by atoms with van der Waals surface area (Å²) < 4.78 is 13.0. The second-order valence-electron chi connectivity index (χ2n) is 6.18. The number of benzene rings is 2. The van der Waals surface area contributed by atoms with Crippen LogP contribution >= 0.6 is 11.6 Å². The highest BCUT2D eigenvalue weighted by Crippen LogP contribution is 2.26. The molecule has 0 atom stereocenters. The van der Waals surface area contributed by atoms with E-state index in [1.54, 1.807) is 29.9 Å². The maximum Gasteiger partial charge on any atom is 0.251 e. The van der Waals surface area contributed by atoms with Crippen molar-refractivity contribution >= 4 is 22.5 Å². The first kappa shape index (κ1) is 18.3. The number of hydrogen-bond donors (Lipinski definition) is 0. The standard InChI is InChI=1S/C21H22ClNO3/c1-15-14-20(24)23(21-18(15)6-5-7-19(21)25-2)12-3-4-13-26-17-10-8-16(22)9-11-17/h5-11,14H,3-4,12-13H2,1-2H3. The highest BCUT2D eigenvalue weighted by Gasteiger charge is 2.11. The van der Waals surface area contributed by atoms with Gasteiger partial charge in [-0.3, -0.25) is 4.79 Å². The van der Waals surface area contributed by atoms with E-state index < -0.39 is 0 Å². The van der Waals surface area contributed by atoms with Gasteiger partial charge < -0.3 is 14.0 Å². The van der Waals surface area contributed by atoms with Crippen molar-refractivity contribution in [3.8, 4) is 11.5 Å². The number of nitrogens with zero attached hydrogens (tertiary/aromatic N) is 1. The fraction of sp³-hybridized carbons (Fsp3) is 0.286. The average molecular weight is 372 g/mol. The van der Waals surface area contributed by atoms with Crippen molar-refractivity contribution in [3.05, 3.63) is 69.5 Å². The summed E-state index contributed by atoms with van der Waals surface area (Å²) in [7, 11) is 1.63. The van der Waals surface area contributed by atoms with Crippen molar-refractivity contribution in [1.82, 2.24) is 4.57 Å². The first-order valence-corrected chi connectivity index (χ1v) is 9.03. The van der Waals surface area contributed by atoms with Crippen LogP contribution < -0.4 is 15.0 Å². The van der Waals surface area contributed by atoms with Crippen molar-refractivity contribution in [2.75, 3.05) is 13.7 Å². The smallest absolute Gasteiger partial charge is 0.251 e. The zero-order valence-electron chi connectivity index (χ0n) is 15.0. The molecule has 0 fully saturated rings. The summed E-state index contributed by atoms with van der Waals surface area (Å²) in [6.45, 7) is 3.17. The quantitative estimate of drug-likeness (QED) is 0.558. The minimum Gasteiger partial charge on any atom is -0.495 e. The zero-order chi connectivity index (χ0) is 18.5. The molecule has 0 N–H and O–H groups in total. The maximum absolute atomic E-state index is 12.5. The first-order chi connectivity index (χ1) is 12.6. The second kappa shape index (κ2) is 8.28. The van der Waals surface area contributed by atoms with Gasteiger partial charge >= 0.3 is 0 Å². The van der Waals surface area contributed by atoms with Crippen LogP contribution in [0.4, 0.5) is 0 Å². The van der Waals surface area contributed by atoms with Gasteiger partial charge in [-0.15, -0.1) is 0 Å². The van der Waals surface area contributed by atoms with Crippen LogP contribution in [0.2, 0.25) is 5.02 Å². The molecule has 0 spiro atoms. The number of aromatic nitrogens is 1. The lowest BCUT2D eigenvalue weighted by molar-refractivity contribution is 0.303. The Morgan fingerprint density at radius 3 is 2.58 bits per heavy atom. The van der Waals surface area contributed by atoms with E-state index in [-0.39, 0.29) is 5.56 Å². The van der Waals surface area contributed by atoms with Gasteiger partial charge in [0.05, 0.1) is 19.2 Å². The summed E-state index contributed by atoms with van der Waals surface area (Å²) in [5.74, 6) is 1.52. The summed E-state index contributed by atoms with van der Waals surface area (Å²) in [4.78, 5) is 12.5.